The van der Waals surface area contributed by atoms with Crippen LogP contribution in [-0.2, 0) is 0 Å². The molecule has 0 bridgehead atoms. The van der Waals surface area contributed by atoms with E-state index in [2.05, 4.69) is 149 Å². The maximum Gasteiger partial charge on any atom is 0.137 e. The predicted molar refractivity (Wildman–Crippen MR) is 193 cm³/mol. The van der Waals surface area contributed by atoms with Gasteiger partial charge in [0.2, 0.25) is 0 Å². The molecule has 47 heavy (non-hydrogen) atoms. The van der Waals surface area contributed by atoms with E-state index in [1.54, 1.807) is 0 Å². The number of nitrogens with zero attached hydrogens (tertiary/aromatic N) is 3. The summed E-state index contributed by atoms with van der Waals surface area (Å²) in [4.78, 5) is 0. The summed E-state index contributed by atoms with van der Waals surface area (Å²) in [5.41, 5.74) is 11.3. The second kappa shape index (κ2) is 9.71. The summed E-state index contributed by atoms with van der Waals surface area (Å²) in [7, 11) is 0. The van der Waals surface area contributed by atoms with Crippen molar-refractivity contribution < 1.29 is 4.42 Å². The van der Waals surface area contributed by atoms with Crippen molar-refractivity contribution in [3.05, 3.63) is 157 Å². The average molecular weight is 600 g/mol. The molecular weight excluding hydrogens is 574 g/mol. The van der Waals surface area contributed by atoms with Crippen LogP contribution in [0.25, 0.3) is 88.1 Å². The molecule has 0 aliphatic carbocycles. The van der Waals surface area contributed by atoms with Crippen molar-refractivity contribution in [3.8, 4) is 28.6 Å². The molecule has 0 radical (unpaired) electrons. The number of fused-ring (bicyclic) bond motifs is 9. The molecule has 0 amide bonds. The highest BCUT2D eigenvalue weighted by Crippen LogP contribution is 2.39. The van der Waals surface area contributed by atoms with Gasteiger partial charge in [0.05, 0.1) is 33.7 Å². The maximum atomic E-state index is 9.40. The predicted octanol–water partition coefficient (Wildman–Crippen LogP) is 11.3. The van der Waals surface area contributed by atoms with E-state index in [1.165, 1.54) is 38.1 Å². The minimum atomic E-state index is 0.592. The number of benzene rings is 7. The van der Waals surface area contributed by atoms with E-state index in [-0.39, 0.29) is 0 Å². The van der Waals surface area contributed by atoms with Crippen LogP contribution in [0.15, 0.2) is 156 Å². The number of furan rings is 1. The molecule has 0 saturated heterocycles. The van der Waals surface area contributed by atoms with Gasteiger partial charge in [-0.1, -0.05) is 72.8 Å². The van der Waals surface area contributed by atoms with Crippen LogP contribution < -0.4 is 0 Å². The van der Waals surface area contributed by atoms with Crippen LogP contribution in [0.4, 0.5) is 0 Å². The molecule has 218 valence electrons. The number of nitriles is 1. The monoisotopic (exact) mass is 599 g/mol. The Kier molecular flexibility index (Phi) is 5.32. The summed E-state index contributed by atoms with van der Waals surface area (Å²) in [5, 5.41) is 16.3. The van der Waals surface area contributed by atoms with E-state index in [0.717, 1.165) is 49.9 Å². The first-order chi connectivity index (χ1) is 23.2. The standard InChI is InChI=1S/C43H25N3O/c44-26-27-14-18-35-36-20-17-31(25-43(36)47-42(35)22-27)46-38-12-6-4-10-32(38)34-19-15-29(24-41(34)46)28-16-21-40-37(23-28)33-11-5-7-13-39(33)45(40)30-8-2-1-3-9-30/h1-25H. The molecule has 0 aliphatic heterocycles. The van der Waals surface area contributed by atoms with Gasteiger partial charge in [0.25, 0.3) is 0 Å². The fourth-order valence-electron chi connectivity index (χ4n) is 7.41. The summed E-state index contributed by atoms with van der Waals surface area (Å²) in [6, 6.07) is 55.7. The van der Waals surface area contributed by atoms with Gasteiger partial charge in [-0.2, -0.15) is 5.26 Å². The molecule has 4 nitrogen and oxygen atoms in total. The topological polar surface area (TPSA) is 46.8 Å². The minimum Gasteiger partial charge on any atom is -0.456 e. The summed E-state index contributed by atoms with van der Waals surface area (Å²) >= 11 is 0. The first kappa shape index (κ1) is 25.7. The average Bonchev–Trinajstić information content (AvgIpc) is 3.78. The molecule has 4 heteroatoms. The molecule has 0 unspecified atom stereocenters. The first-order valence-corrected chi connectivity index (χ1v) is 15.7. The van der Waals surface area contributed by atoms with E-state index >= 15 is 0 Å². The molecule has 0 spiro atoms. The highest BCUT2D eigenvalue weighted by molar-refractivity contribution is 6.13. The molecule has 0 saturated carbocycles. The molecule has 10 rings (SSSR count). The molecule has 10 aromatic rings. The fourth-order valence-corrected chi connectivity index (χ4v) is 7.41. The van der Waals surface area contributed by atoms with Gasteiger partial charge in [-0.15, -0.1) is 0 Å². The number of hydrogen-bond donors (Lipinski definition) is 0. The third-order valence-electron chi connectivity index (χ3n) is 9.54. The Balaban J connectivity index is 1.18. The largest absolute Gasteiger partial charge is 0.456 e. The smallest absolute Gasteiger partial charge is 0.137 e. The SMILES string of the molecule is N#Cc1ccc2c(c1)oc1cc(-n3c4ccccc4c4ccc(-c5ccc6c(c5)c5ccccc5n6-c5ccccc5)cc43)ccc12. The normalized spacial score (nSPS) is 11.8. The van der Waals surface area contributed by atoms with E-state index < -0.39 is 0 Å². The molecular formula is C43H25N3O. The zero-order chi connectivity index (χ0) is 31.1. The van der Waals surface area contributed by atoms with Gasteiger partial charge in [-0.3, -0.25) is 0 Å². The van der Waals surface area contributed by atoms with E-state index in [0.29, 0.717) is 5.56 Å². The molecule has 7 aromatic carbocycles. The van der Waals surface area contributed by atoms with Crippen LogP contribution in [0.2, 0.25) is 0 Å². The summed E-state index contributed by atoms with van der Waals surface area (Å²) in [6.45, 7) is 0. The van der Waals surface area contributed by atoms with Crippen molar-refractivity contribution >= 4 is 65.6 Å². The Morgan fingerprint density at radius 1 is 0.404 bits per heavy atom. The highest BCUT2D eigenvalue weighted by atomic mass is 16.3. The molecule has 0 fully saturated rings. The van der Waals surface area contributed by atoms with E-state index in [1.807, 2.05) is 18.2 Å². The zero-order valence-electron chi connectivity index (χ0n) is 25.2. The van der Waals surface area contributed by atoms with Crippen molar-refractivity contribution in [2.24, 2.45) is 0 Å². The Labute approximate surface area is 269 Å². The van der Waals surface area contributed by atoms with Crippen LogP contribution in [0.3, 0.4) is 0 Å². The summed E-state index contributed by atoms with van der Waals surface area (Å²) < 4.78 is 11.0. The second-order valence-electron chi connectivity index (χ2n) is 12.1. The van der Waals surface area contributed by atoms with Crippen LogP contribution >= 0.6 is 0 Å². The van der Waals surface area contributed by atoms with Crippen molar-refractivity contribution in [1.29, 1.82) is 5.26 Å². The van der Waals surface area contributed by atoms with Crippen molar-refractivity contribution in [2.45, 2.75) is 0 Å². The number of aromatic nitrogens is 2. The minimum absolute atomic E-state index is 0.592. The van der Waals surface area contributed by atoms with Crippen LogP contribution in [0, 0.1) is 11.3 Å². The molecule has 0 aliphatic rings. The van der Waals surface area contributed by atoms with Gasteiger partial charge < -0.3 is 13.6 Å². The number of rotatable bonds is 3. The van der Waals surface area contributed by atoms with Crippen LogP contribution in [0.1, 0.15) is 5.56 Å². The Morgan fingerprint density at radius 2 is 0.979 bits per heavy atom. The van der Waals surface area contributed by atoms with Crippen LogP contribution in [-0.4, -0.2) is 9.13 Å². The molecule has 3 aromatic heterocycles. The lowest BCUT2D eigenvalue weighted by molar-refractivity contribution is 0.668. The van der Waals surface area contributed by atoms with Crippen LogP contribution in [0.5, 0.6) is 0 Å². The lowest BCUT2D eigenvalue weighted by Crippen LogP contribution is -1.94. The number of hydrogen-bond acceptors (Lipinski definition) is 2. The summed E-state index contributed by atoms with van der Waals surface area (Å²) in [6.07, 6.45) is 0. The second-order valence-corrected chi connectivity index (χ2v) is 12.1. The van der Waals surface area contributed by atoms with Gasteiger partial charge in [-0.05, 0) is 83.9 Å². The number of para-hydroxylation sites is 3. The fraction of sp³-hybridized carbons (Fsp3) is 0. The van der Waals surface area contributed by atoms with Crippen molar-refractivity contribution in [1.82, 2.24) is 9.13 Å². The van der Waals surface area contributed by atoms with Gasteiger partial charge in [0, 0.05) is 49.8 Å². The lowest BCUT2D eigenvalue weighted by atomic mass is 10.0. The zero-order valence-corrected chi connectivity index (χ0v) is 25.2. The Bertz CT molecular complexity index is 2910. The quantitative estimate of drug-likeness (QED) is 0.203. The maximum absolute atomic E-state index is 9.40. The van der Waals surface area contributed by atoms with Crippen molar-refractivity contribution in [3.63, 3.8) is 0 Å². The highest BCUT2D eigenvalue weighted by Gasteiger charge is 2.17. The van der Waals surface area contributed by atoms with E-state index in [9.17, 15) is 5.26 Å². The first-order valence-electron chi connectivity index (χ1n) is 15.7. The Hall–Kier alpha value is -6.57. The van der Waals surface area contributed by atoms with Gasteiger partial charge in [0.15, 0.2) is 0 Å². The van der Waals surface area contributed by atoms with Crippen molar-refractivity contribution in [2.75, 3.05) is 0 Å². The molecule has 0 N–H and O–H groups in total. The van der Waals surface area contributed by atoms with Gasteiger partial charge >= 0.3 is 0 Å². The van der Waals surface area contributed by atoms with E-state index in [4.69, 9.17) is 4.42 Å². The Morgan fingerprint density at radius 3 is 1.77 bits per heavy atom. The third-order valence-corrected chi connectivity index (χ3v) is 9.54. The molecule has 3 heterocycles. The van der Waals surface area contributed by atoms with Gasteiger partial charge in [0.1, 0.15) is 11.2 Å². The van der Waals surface area contributed by atoms with Gasteiger partial charge in [-0.25, -0.2) is 0 Å². The third kappa shape index (κ3) is 3.75. The molecule has 0 atom stereocenters. The summed E-state index contributed by atoms with van der Waals surface area (Å²) in [5.74, 6) is 0. The lowest BCUT2D eigenvalue weighted by Gasteiger charge is -2.10.